The van der Waals surface area contributed by atoms with Gasteiger partial charge < -0.3 is 29.6 Å². The molecule has 0 saturated carbocycles. The molecule has 0 aliphatic heterocycles. The van der Waals surface area contributed by atoms with E-state index in [1.807, 2.05) is 0 Å². The van der Waals surface area contributed by atoms with E-state index in [0.29, 0.717) is 17.2 Å². The number of rotatable bonds is 8. The highest BCUT2D eigenvalue weighted by Crippen LogP contribution is 2.25. The second kappa shape index (κ2) is 10.0. The zero-order valence-electron chi connectivity index (χ0n) is 14.6. The van der Waals surface area contributed by atoms with E-state index in [4.69, 9.17) is 18.9 Å². The second-order valence-electron chi connectivity index (χ2n) is 4.64. The first-order valence-electron chi connectivity index (χ1n) is 7.59. The van der Waals surface area contributed by atoms with Gasteiger partial charge in [0, 0.05) is 23.9 Å². The van der Waals surface area contributed by atoms with Crippen LogP contribution in [0.2, 0.25) is 0 Å². The summed E-state index contributed by atoms with van der Waals surface area (Å²) in [7, 11) is 2.94. The zero-order chi connectivity index (χ0) is 18.8. The highest BCUT2D eigenvalue weighted by Gasteiger charge is 2.31. The third-order valence-corrected chi connectivity index (χ3v) is 2.93. The Labute approximate surface area is 145 Å². The molecule has 0 fully saturated rings. The summed E-state index contributed by atoms with van der Waals surface area (Å²) in [5, 5.41) is 4.72. The van der Waals surface area contributed by atoms with Gasteiger partial charge in [-0.15, -0.1) is 0 Å². The van der Waals surface area contributed by atoms with Gasteiger partial charge in [-0.1, -0.05) is 0 Å². The van der Waals surface area contributed by atoms with Crippen LogP contribution in [0.5, 0.6) is 11.5 Å². The maximum atomic E-state index is 12.1. The SMILES string of the molecule is CCOC(=O)C(NC(=O)Nc1cc(OC)cc(OC)c1)C(=O)OCC. The first-order valence-corrected chi connectivity index (χ1v) is 7.59. The van der Waals surface area contributed by atoms with E-state index in [1.165, 1.54) is 14.2 Å². The zero-order valence-corrected chi connectivity index (χ0v) is 14.6. The number of hydrogen-bond acceptors (Lipinski definition) is 7. The summed E-state index contributed by atoms with van der Waals surface area (Å²) < 4.78 is 19.7. The molecule has 0 aromatic heterocycles. The number of benzene rings is 1. The van der Waals surface area contributed by atoms with Crippen molar-refractivity contribution < 1.29 is 33.3 Å². The van der Waals surface area contributed by atoms with E-state index in [0.717, 1.165) is 0 Å². The standard InChI is InChI=1S/C16H22N2O7/c1-5-24-14(19)13(15(20)25-6-2)18-16(21)17-10-7-11(22-3)9-12(8-10)23-4/h7-9,13H,5-6H2,1-4H3,(H2,17,18,21). The predicted molar refractivity (Wildman–Crippen MR) is 88.8 cm³/mol. The number of anilines is 1. The maximum Gasteiger partial charge on any atom is 0.340 e. The number of methoxy groups -OCH3 is 2. The predicted octanol–water partition coefficient (Wildman–Crippen LogP) is 1.32. The van der Waals surface area contributed by atoms with Crippen molar-refractivity contribution in [2.75, 3.05) is 32.8 Å². The maximum absolute atomic E-state index is 12.1. The molecule has 0 saturated heterocycles. The van der Waals surface area contributed by atoms with Gasteiger partial charge in [0.15, 0.2) is 0 Å². The van der Waals surface area contributed by atoms with Gasteiger partial charge in [-0.3, -0.25) is 0 Å². The van der Waals surface area contributed by atoms with Crippen LogP contribution in [0.4, 0.5) is 10.5 Å². The average Bonchev–Trinajstić information content (AvgIpc) is 2.59. The van der Waals surface area contributed by atoms with Gasteiger partial charge in [0.1, 0.15) is 11.5 Å². The molecule has 0 bridgehead atoms. The molecule has 0 radical (unpaired) electrons. The van der Waals surface area contributed by atoms with E-state index < -0.39 is 24.0 Å². The number of urea groups is 1. The van der Waals surface area contributed by atoms with Crippen LogP contribution in [0.25, 0.3) is 0 Å². The van der Waals surface area contributed by atoms with Crippen molar-refractivity contribution in [3.8, 4) is 11.5 Å². The van der Waals surface area contributed by atoms with Crippen molar-refractivity contribution in [2.45, 2.75) is 19.9 Å². The van der Waals surface area contributed by atoms with Crippen molar-refractivity contribution in [3.05, 3.63) is 18.2 Å². The molecule has 0 atom stereocenters. The molecule has 9 nitrogen and oxygen atoms in total. The van der Waals surface area contributed by atoms with Gasteiger partial charge in [0.2, 0.25) is 6.04 Å². The van der Waals surface area contributed by atoms with Crippen LogP contribution in [0.1, 0.15) is 13.8 Å². The third kappa shape index (κ3) is 6.21. The molecule has 0 heterocycles. The number of ether oxygens (including phenoxy) is 4. The molecule has 0 aliphatic rings. The largest absolute Gasteiger partial charge is 0.497 e. The van der Waals surface area contributed by atoms with Crippen LogP contribution < -0.4 is 20.1 Å². The molecule has 25 heavy (non-hydrogen) atoms. The summed E-state index contributed by atoms with van der Waals surface area (Å²) in [6, 6.07) is 2.37. The smallest absolute Gasteiger partial charge is 0.340 e. The third-order valence-electron chi connectivity index (χ3n) is 2.93. The first kappa shape index (κ1) is 20.1. The topological polar surface area (TPSA) is 112 Å². The van der Waals surface area contributed by atoms with Crippen molar-refractivity contribution >= 4 is 23.7 Å². The number of esters is 2. The number of hydrogen-bond donors (Lipinski definition) is 2. The number of amides is 2. The summed E-state index contributed by atoms with van der Waals surface area (Å²) in [4.78, 5) is 35.8. The first-order chi connectivity index (χ1) is 11.9. The molecular formula is C16H22N2O7. The molecule has 1 rings (SSSR count). The molecule has 2 N–H and O–H groups in total. The van der Waals surface area contributed by atoms with E-state index in [9.17, 15) is 14.4 Å². The highest BCUT2D eigenvalue weighted by atomic mass is 16.6. The van der Waals surface area contributed by atoms with Crippen LogP contribution in [-0.4, -0.2) is 51.4 Å². The lowest BCUT2D eigenvalue weighted by atomic mass is 10.2. The molecule has 0 aliphatic carbocycles. The summed E-state index contributed by atoms with van der Waals surface area (Å²) in [5.74, 6) is -0.886. The van der Waals surface area contributed by atoms with Crippen LogP contribution in [0, 0.1) is 0 Å². The Morgan fingerprint density at radius 3 is 1.80 bits per heavy atom. The average molecular weight is 354 g/mol. The van der Waals surface area contributed by atoms with Crippen LogP contribution in [0.3, 0.4) is 0 Å². The lowest BCUT2D eigenvalue weighted by Crippen LogP contribution is -2.49. The fourth-order valence-corrected chi connectivity index (χ4v) is 1.84. The fraction of sp³-hybridized carbons (Fsp3) is 0.438. The Bertz CT molecular complexity index is 578. The van der Waals surface area contributed by atoms with Crippen LogP contribution in [-0.2, 0) is 19.1 Å². The van der Waals surface area contributed by atoms with E-state index in [1.54, 1.807) is 32.0 Å². The molecule has 138 valence electrons. The fourth-order valence-electron chi connectivity index (χ4n) is 1.84. The van der Waals surface area contributed by atoms with Gasteiger partial charge in [0.25, 0.3) is 0 Å². The van der Waals surface area contributed by atoms with Gasteiger partial charge in [-0.2, -0.15) is 0 Å². The molecule has 0 unspecified atom stereocenters. The van der Waals surface area contributed by atoms with Gasteiger partial charge in [-0.25, -0.2) is 14.4 Å². The Morgan fingerprint density at radius 1 is 0.920 bits per heavy atom. The van der Waals surface area contributed by atoms with E-state index in [2.05, 4.69) is 10.6 Å². The summed E-state index contributed by atoms with van der Waals surface area (Å²) in [6.07, 6.45) is 0. The lowest BCUT2D eigenvalue weighted by molar-refractivity contribution is -0.157. The Kier molecular flexibility index (Phi) is 8.04. The van der Waals surface area contributed by atoms with Gasteiger partial charge in [0.05, 0.1) is 27.4 Å². The summed E-state index contributed by atoms with van der Waals surface area (Å²) >= 11 is 0. The number of nitrogens with one attached hydrogen (secondary N) is 2. The molecule has 9 heteroatoms. The molecule has 2 amide bonds. The Balaban J connectivity index is 2.86. The quantitative estimate of drug-likeness (QED) is 0.535. The van der Waals surface area contributed by atoms with Crippen molar-refractivity contribution in [1.29, 1.82) is 0 Å². The summed E-state index contributed by atoms with van der Waals surface area (Å²) in [5.41, 5.74) is 0.347. The monoisotopic (exact) mass is 354 g/mol. The van der Waals surface area contributed by atoms with Crippen LogP contribution >= 0.6 is 0 Å². The minimum absolute atomic E-state index is 0.0606. The molecular weight excluding hydrogens is 332 g/mol. The van der Waals surface area contributed by atoms with E-state index >= 15 is 0 Å². The molecule has 1 aromatic carbocycles. The Hall–Kier alpha value is -2.97. The van der Waals surface area contributed by atoms with Crippen molar-refractivity contribution in [1.82, 2.24) is 5.32 Å². The number of carbonyl (C=O) groups excluding carboxylic acids is 3. The van der Waals surface area contributed by atoms with Gasteiger partial charge in [-0.05, 0) is 13.8 Å². The minimum Gasteiger partial charge on any atom is -0.497 e. The van der Waals surface area contributed by atoms with E-state index in [-0.39, 0.29) is 13.2 Å². The normalized spacial score (nSPS) is 9.96. The summed E-state index contributed by atoms with van der Waals surface area (Å²) in [6.45, 7) is 3.29. The number of carbonyl (C=O) groups is 3. The minimum atomic E-state index is -1.56. The van der Waals surface area contributed by atoms with Crippen molar-refractivity contribution in [2.24, 2.45) is 0 Å². The van der Waals surface area contributed by atoms with Crippen molar-refractivity contribution in [3.63, 3.8) is 0 Å². The second-order valence-corrected chi connectivity index (χ2v) is 4.64. The molecule has 0 spiro atoms. The lowest BCUT2D eigenvalue weighted by Gasteiger charge is -2.16. The van der Waals surface area contributed by atoms with Gasteiger partial charge >= 0.3 is 18.0 Å². The molecule has 1 aromatic rings. The highest BCUT2D eigenvalue weighted by molar-refractivity contribution is 6.04. The Morgan fingerprint density at radius 2 is 1.40 bits per heavy atom. The van der Waals surface area contributed by atoms with Crippen LogP contribution in [0.15, 0.2) is 18.2 Å².